The van der Waals surface area contributed by atoms with Crippen molar-refractivity contribution in [1.82, 2.24) is 29.9 Å². The van der Waals surface area contributed by atoms with E-state index in [-0.39, 0.29) is 4.90 Å². The highest BCUT2D eigenvalue weighted by molar-refractivity contribution is 9.10. The number of hydrogen-bond acceptors (Lipinski definition) is 9. The lowest BCUT2D eigenvalue weighted by molar-refractivity contribution is -0.0533. The van der Waals surface area contributed by atoms with Crippen molar-refractivity contribution < 1.29 is 31.4 Å². The Kier molecular flexibility index (Phi) is 6.03. The van der Waals surface area contributed by atoms with Crippen molar-refractivity contribution in [3.63, 3.8) is 0 Å². The predicted molar refractivity (Wildman–Crippen MR) is 113 cm³/mol. The van der Waals surface area contributed by atoms with E-state index in [0.717, 1.165) is 14.2 Å². The van der Waals surface area contributed by atoms with Crippen molar-refractivity contribution in [2.75, 3.05) is 18.9 Å². The molecular weight excluding hydrogens is 532 g/mol. The molecule has 12 nitrogen and oxygen atoms in total. The first-order valence-electron chi connectivity index (χ1n) is 8.89. The molecule has 3 heterocycles. The van der Waals surface area contributed by atoms with Crippen molar-refractivity contribution in [2.45, 2.75) is 11.5 Å². The lowest BCUT2D eigenvalue weighted by Crippen LogP contribution is -2.16. The Balaban J connectivity index is 1.77. The second kappa shape index (κ2) is 8.78. The third kappa shape index (κ3) is 4.25. The minimum Gasteiger partial charge on any atom is -0.478 e. The highest BCUT2D eigenvalue weighted by Crippen LogP contribution is 2.37. The number of aromatic nitrogens is 6. The zero-order valence-electron chi connectivity index (χ0n) is 16.8. The maximum absolute atomic E-state index is 13.1. The number of ether oxygens (including phenoxy) is 3. The van der Waals surface area contributed by atoms with Crippen LogP contribution in [0.1, 0.15) is 0 Å². The van der Waals surface area contributed by atoms with Crippen molar-refractivity contribution in [1.29, 1.82) is 0 Å². The second-order valence-corrected chi connectivity index (χ2v) is 8.67. The number of hydrogen-bond donors (Lipinski definition) is 2. The molecule has 0 bridgehead atoms. The van der Waals surface area contributed by atoms with E-state index in [1.807, 2.05) is 0 Å². The van der Waals surface area contributed by atoms with E-state index in [4.69, 9.17) is 9.47 Å². The van der Waals surface area contributed by atoms with E-state index in [1.54, 1.807) is 12.1 Å². The van der Waals surface area contributed by atoms with Crippen LogP contribution in [0, 0.1) is 0 Å². The molecule has 0 unspecified atom stereocenters. The zero-order chi connectivity index (χ0) is 23.8. The Morgan fingerprint density at radius 3 is 2.33 bits per heavy atom. The van der Waals surface area contributed by atoms with Crippen molar-refractivity contribution in [2.24, 2.45) is 0 Å². The number of halogens is 3. The van der Waals surface area contributed by atoms with E-state index in [1.165, 1.54) is 23.4 Å². The molecule has 0 saturated heterocycles. The van der Waals surface area contributed by atoms with Gasteiger partial charge in [0.2, 0.25) is 11.7 Å². The molecule has 2 N–H and O–H groups in total. The number of anilines is 1. The highest BCUT2D eigenvalue weighted by atomic mass is 79.9. The predicted octanol–water partition coefficient (Wildman–Crippen LogP) is 2.72. The molecule has 0 fully saturated rings. The largest absolute Gasteiger partial charge is 0.478 e. The molecule has 0 aliphatic rings. The lowest BCUT2D eigenvalue weighted by atomic mass is 10.2. The summed E-state index contributed by atoms with van der Waals surface area (Å²) in [7, 11) is -1.97. The molecule has 0 aliphatic heterocycles. The van der Waals surface area contributed by atoms with Gasteiger partial charge in [-0.15, -0.1) is 4.80 Å². The van der Waals surface area contributed by atoms with Gasteiger partial charge in [-0.1, -0.05) is 6.07 Å². The number of benzene rings is 1. The third-order valence-corrected chi connectivity index (χ3v) is 6.28. The van der Waals surface area contributed by atoms with Gasteiger partial charge in [-0.05, 0) is 22.0 Å². The Morgan fingerprint density at radius 1 is 1.12 bits per heavy atom. The Morgan fingerprint density at radius 2 is 1.76 bits per heavy atom. The Labute approximate surface area is 193 Å². The van der Waals surface area contributed by atoms with E-state index < -0.39 is 40.1 Å². The monoisotopic (exact) mass is 545 g/mol. The molecule has 33 heavy (non-hydrogen) atoms. The summed E-state index contributed by atoms with van der Waals surface area (Å²) in [6.07, 6.45) is 4.23. The fourth-order valence-corrected chi connectivity index (χ4v) is 4.58. The van der Waals surface area contributed by atoms with E-state index >= 15 is 0 Å². The first kappa shape index (κ1) is 22.7. The van der Waals surface area contributed by atoms with Crippen LogP contribution in [0.2, 0.25) is 0 Å². The molecule has 4 rings (SSSR count). The van der Waals surface area contributed by atoms with Crippen LogP contribution in [0.15, 0.2) is 40.1 Å². The lowest BCUT2D eigenvalue weighted by Gasteiger charge is -2.14. The van der Waals surface area contributed by atoms with Crippen LogP contribution in [0.3, 0.4) is 0 Å². The minimum absolute atomic E-state index is 0.132. The van der Waals surface area contributed by atoms with E-state index in [2.05, 4.69) is 50.5 Å². The number of alkyl halides is 2. The summed E-state index contributed by atoms with van der Waals surface area (Å²) in [6, 6.07) is 3.23. The molecule has 0 atom stereocenters. The molecule has 0 saturated carbocycles. The molecule has 4 aromatic rings. The van der Waals surface area contributed by atoms with Gasteiger partial charge in [0, 0.05) is 16.1 Å². The van der Waals surface area contributed by atoms with Gasteiger partial charge in [-0.2, -0.15) is 28.9 Å². The number of fused-ring (bicyclic) bond motifs is 1. The summed E-state index contributed by atoms with van der Waals surface area (Å²) in [5.74, 6) is -1.96. The first-order valence-corrected chi connectivity index (χ1v) is 11.2. The molecule has 16 heteroatoms. The molecule has 0 amide bonds. The fourth-order valence-electron chi connectivity index (χ4n) is 2.98. The summed E-state index contributed by atoms with van der Waals surface area (Å²) < 4.78 is 68.6. The average Bonchev–Trinajstić information content (AvgIpc) is 3.44. The standard InChI is InChI=1S/C17H14BrF2N7O5S/c1-30-14-13(32-16(19)20)15(31-2)25-17(24-14)26-33(28,29)10-7-21-11-8(10)3-4-9(18)12(11)27-22-5-6-23-27/h3-7,16,21H,1-2H3,(H,24,25,26). The van der Waals surface area contributed by atoms with Gasteiger partial charge in [-0.25, -0.2) is 13.1 Å². The number of methoxy groups -OCH3 is 2. The minimum atomic E-state index is -4.25. The molecule has 0 spiro atoms. The van der Waals surface area contributed by atoms with Crippen molar-refractivity contribution in [3.8, 4) is 23.2 Å². The number of H-pyrrole nitrogens is 1. The van der Waals surface area contributed by atoms with E-state index in [0.29, 0.717) is 21.1 Å². The Hall–Kier alpha value is -3.53. The average molecular weight is 546 g/mol. The van der Waals surface area contributed by atoms with Crippen LogP contribution >= 0.6 is 15.9 Å². The summed E-state index contributed by atoms with van der Waals surface area (Å²) in [5.41, 5.74) is 0.935. The van der Waals surface area contributed by atoms with Crippen LogP contribution in [0.4, 0.5) is 14.7 Å². The zero-order valence-corrected chi connectivity index (χ0v) is 19.2. The summed E-state index contributed by atoms with van der Waals surface area (Å²) >= 11 is 3.41. The van der Waals surface area contributed by atoms with Gasteiger partial charge in [0.15, 0.2) is 0 Å². The van der Waals surface area contributed by atoms with Gasteiger partial charge in [0.25, 0.3) is 21.8 Å². The topological polar surface area (TPSA) is 146 Å². The molecule has 174 valence electrons. The molecule has 3 aromatic heterocycles. The summed E-state index contributed by atoms with van der Waals surface area (Å²) in [6.45, 7) is -3.21. The molecule has 1 aromatic carbocycles. The van der Waals surface area contributed by atoms with Crippen LogP contribution in [0.5, 0.6) is 17.5 Å². The molecular formula is C17H14BrF2N7O5S. The van der Waals surface area contributed by atoms with Crippen LogP contribution in [-0.2, 0) is 10.0 Å². The maximum atomic E-state index is 13.1. The van der Waals surface area contributed by atoms with Gasteiger partial charge < -0.3 is 19.2 Å². The number of nitrogens with zero attached hydrogens (tertiary/aromatic N) is 5. The van der Waals surface area contributed by atoms with Crippen LogP contribution in [0.25, 0.3) is 16.6 Å². The van der Waals surface area contributed by atoms with Gasteiger partial charge >= 0.3 is 6.61 Å². The number of aromatic amines is 1. The van der Waals surface area contributed by atoms with Gasteiger partial charge in [0.1, 0.15) is 10.6 Å². The Bertz CT molecular complexity index is 1390. The SMILES string of the molecule is COc1nc(NS(=O)(=O)c2c[nH]c3c(-n4nccn4)c(Br)ccc23)nc(OC)c1OC(F)F. The van der Waals surface area contributed by atoms with Gasteiger partial charge in [0.05, 0.1) is 32.1 Å². The number of rotatable bonds is 8. The normalized spacial score (nSPS) is 11.7. The van der Waals surface area contributed by atoms with Crippen molar-refractivity contribution in [3.05, 3.63) is 35.2 Å². The quantitative estimate of drug-likeness (QED) is 0.341. The summed E-state index contributed by atoms with van der Waals surface area (Å²) in [4.78, 5) is 11.7. The van der Waals surface area contributed by atoms with Crippen molar-refractivity contribution >= 4 is 42.8 Å². The number of nitrogens with one attached hydrogen (secondary N) is 2. The summed E-state index contributed by atoms with van der Waals surface area (Å²) in [5, 5.41) is 8.49. The molecule has 0 aliphatic carbocycles. The third-order valence-electron chi connectivity index (χ3n) is 4.27. The smallest absolute Gasteiger partial charge is 0.387 e. The van der Waals surface area contributed by atoms with Crippen LogP contribution < -0.4 is 18.9 Å². The highest BCUT2D eigenvalue weighted by Gasteiger charge is 2.26. The first-order chi connectivity index (χ1) is 15.7. The molecule has 0 radical (unpaired) electrons. The van der Waals surface area contributed by atoms with Crippen LogP contribution in [-0.4, -0.2) is 59.2 Å². The maximum Gasteiger partial charge on any atom is 0.387 e. The van der Waals surface area contributed by atoms with Gasteiger partial charge in [-0.3, -0.25) is 0 Å². The number of sulfonamides is 1. The van der Waals surface area contributed by atoms with E-state index in [9.17, 15) is 17.2 Å². The second-order valence-electron chi connectivity index (χ2n) is 6.17. The fraction of sp³-hybridized carbons (Fsp3) is 0.176.